The summed E-state index contributed by atoms with van der Waals surface area (Å²) in [6, 6.07) is 7.38. The summed E-state index contributed by atoms with van der Waals surface area (Å²) in [5.41, 5.74) is 1.43. The number of aromatic nitrogens is 3. The molecule has 2 aromatic heterocycles. The lowest BCUT2D eigenvalue weighted by atomic mass is 10.3. The molecule has 0 spiro atoms. The van der Waals surface area contributed by atoms with E-state index in [4.69, 9.17) is 21.3 Å². The van der Waals surface area contributed by atoms with Crippen molar-refractivity contribution in [2.24, 2.45) is 0 Å². The van der Waals surface area contributed by atoms with Crippen LogP contribution in [0.15, 0.2) is 30.5 Å². The molecule has 154 valence electrons. The third-order valence-corrected chi connectivity index (χ3v) is 6.29. The van der Waals surface area contributed by atoms with Gasteiger partial charge < -0.3 is 4.74 Å². The van der Waals surface area contributed by atoms with E-state index in [0.717, 1.165) is 49.5 Å². The number of carbonyl (C=O) groups excluding carboxylic acids is 1. The van der Waals surface area contributed by atoms with Gasteiger partial charge in [0, 0.05) is 43.9 Å². The number of ether oxygens (including phenoxy) is 1. The van der Waals surface area contributed by atoms with Crippen molar-refractivity contribution in [2.75, 3.05) is 44.3 Å². The number of nitrogens with zero attached hydrogens (tertiary/aromatic N) is 5. The van der Waals surface area contributed by atoms with Crippen molar-refractivity contribution < 1.29 is 9.53 Å². The van der Waals surface area contributed by atoms with Crippen molar-refractivity contribution >= 4 is 44.2 Å². The van der Waals surface area contributed by atoms with E-state index < -0.39 is 0 Å². The molecule has 0 bridgehead atoms. The van der Waals surface area contributed by atoms with E-state index in [0.29, 0.717) is 28.9 Å². The van der Waals surface area contributed by atoms with Crippen molar-refractivity contribution in [1.82, 2.24) is 19.7 Å². The number of morpholine rings is 1. The van der Waals surface area contributed by atoms with Crippen molar-refractivity contribution in [3.63, 3.8) is 0 Å². The number of carbonyl (C=O) groups is 1. The van der Waals surface area contributed by atoms with Gasteiger partial charge in [0.2, 0.25) is 0 Å². The molecule has 4 rings (SSSR count). The molecule has 0 atom stereocenters. The van der Waals surface area contributed by atoms with E-state index >= 15 is 0 Å². The van der Waals surface area contributed by atoms with Gasteiger partial charge in [-0.3, -0.25) is 19.3 Å². The SMILES string of the molecule is CCn1nccc1C(=O)N(CCCN1CCOCC1)c1nc2ccc(Cl)cc2s1. The molecule has 1 saturated heterocycles. The highest BCUT2D eigenvalue weighted by atomic mass is 35.5. The summed E-state index contributed by atoms with van der Waals surface area (Å²) in [7, 11) is 0. The minimum absolute atomic E-state index is 0.0727. The van der Waals surface area contributed by atoms with E-state index in [2.05, 4.69) is 10.00 Å². The van der Waals surface area contributed by atoms with Gasteiger partial charge in [0.15, 0.2) is 5.13 Å². The second-order valence-electron chi connectivity index (χ2n) is 6.91. The molecule has 0 aliphatic carbocycles. The average molecular weight is 434 g/mol. The number of amides is 1. The van der Waals surface area contributed by atoms with Gasteiger partial charge >= 0.3 is 0 Å². The molecule has 3 heterocycles. The second kappa shape index (κ2) is 9.21. The number of hydrogen-bond acceptors (Lipinski definition) is 6. The zero-order valence-corrected chi connectivity index (χ0v) is 18.0. The number of halogens is 1. The maximum atomic E-state index is 13.4. The topological polar surface area (TPSA) is 63.5 Å². The summed E-state index contributed by atoms with van der Waals surface area (Å²) in [6.07, 6.45) is 2.53. The first kappa shape index (κ1) is 20.3. The lowest BCUT2D eigenvalue weighted by molar-refractivity contribution is 0.0376. The van der Waals surface area contributed by atoms with E-state index in [-0.39, 0.29) is 5.91 Å². The molecule has 9 heteroatoms. The number of benzene rings is 1. The number of anilines is 1. The van der Waals surface area contributed by atoms with Gasteiger partial charge in [0.25, 0.3) is 5.91 Å². The van der Waals surface area contributed by atoms with Crippen LogP contribution in [0.25, 0.3) is 10.2 Å². The Morgan fingerprint density at radius 1 is 1.31 bits per heavy atom. The first-order valence-corrected chi connectivity index (χ1v) is 11.0. The van der Waals surface area contributed by atoms with Crippen LogP contribution in [0.5, 0.6) is 0 Å². The Kier molecular flexibility index (Phi) is 6.44. The third kappa shape index (κ3) is 4.61. The molecule has 29 heavy (non-hydrogen) atoms. The van der Waals surface area contributed by atoms with Gasteiger partial charge in [0.05, 0.1) is 23.4 Å². The summed E-state index contributed by atoms with van der Waals surface area (Å²) in [4.78, 5) is 22.2. The molecule has 1 aliphatic rings. The fraction of sp³-hybridized carbons (Fsp3) is 0.450. The Morgan fingerprint density at radius 2 is 2.14 bits per heavy atom. The quantitative estimate of drug-likeness (QED) is 0.570. The average Bonchev–Trinajstić information content (AvgIpc) is 3.37. The third-order valence-electron chi connectivity index (χ3n) is 5.01. The highest BCUT2D eigenvalue weighted by Crippen LogP contribution is 2.31. The minimum atomic E-state index is -0.0727. The molecule has 1 fully saturated rings. The fourth-order valence-electron chi connectivity index (χ4n) is 3.47. The van der Waals surface area contributed by atoms with Crippen LogP contribution in [0.2, 0.25) is 5.02 Å². The van der Waals surface area contributed by atoms with Crippen molar-refractivity contribution in [3.05, 3.63) is 41.2 Å². The Hall–Kier alpha value is -2.00. The molecular formula is C20H24ClN5O2S. The number of aryl methyl sites for hydroxylation is 1. The molecule has 0 radical (unpaired) electrons. The summed E-state index contributed by atoms with van der Waals surface area (Å²) >= 11 is 7.62. The van der Waals surface area contributed by atoms with Gasteiger partial charge in [-0.05, 0) is 37.6 Å². The molecule has 0 saturated carbocycles. The first-order chi connectivity index (χ1) is 14.2. The summed E-state index contributed by atoms with van der Waals surface area (Å²) in [5.74, 6) is -0.0727. The highest BCUT2D eigenvalue weighted by molar-refractivity contribution is 7.22. The molecule has 1 aromatic carbocycles. The van der Waals surface area contributed by atoms with E-state index in [1.807, 2.05) is 25.1 Å². The zero-order chi connectivity index (χ0) is 20.2. The monoisotopic (exact) mass is 433 g/mol. The second-order valence-corrected chi connectivity index (χ2v) is 8.35. The molecule has 3 aromatic rings. The van der Waals surface area contributed by atoms with Crippen molar-refractivity contribution in [3.8, 4) is 0 Å². The standard InChI is InChI=1S/C20H24ClN5O2S/c1-2-26-17(6-7-22-26)19(27)25(9-3-8-24-10-12-28-13-11-24)20-23-16-5-4-15(21)14-18(16)29-20/h4-7,14H,2-3,8-13H2,1H3. The van der Waals surface area contributed by atoms with Crippen LogP contribution in [0, 0.1) is 0 Å². The Labute approximate surface area is 178 Å². The molecule has 1 aliphatic heterocycles. The van der Waals surface area contributed by atoms with Crippen LogP contribution < -0.4 is 4.90 Å². The largest absolute Gasteiger partial charge is 0.379 e. The van der Waals surface area contributed by atoms with Crippen LogP contribution in [0.4, 0.5) is 5.13 Å². The lowest BCUT2D eigenvalue weighted by Crippen LogP contribution is -2.39. The predicted octanol–water partition coefficient (Wildman–Crippen LogP) is 3.54. The molecule has 0 N–H and O–H groups in total. The predicted molar refractivity (Wildman–Crippen MR) is 116 cm³/mol. The Balaban J connectivity index is 1.57. The van der Waals surface area contributed by atoms with Crippen LogP contribution in [0.1, 0.15) is 23.8 Å². The van der Waals surface area contributed by atoms with Crippen molar-refractivity contribution in [2.45, 2.75) is 19.9 Å². The van der Waals surface area contributed by atoms with E-state index in [1.165, 1.54) is 11.3 Å². The number of rotatable bonds is 7. The Morgan fingerprint density at radius 3 is 2.93 bits per heavy atom. The maximum absolute atomic E-state index is 13.4. The molecule has 0 unspecified atom stereocenters. The van der Waals surface area contributed by atoms with Crippen LogP contribution >= 0.6 is 22.9 Å². The highest BCUT2D eigenvalue weighted by Gasteiger charge is 2.24. The van der Waals surface area contributed by atoms with Crippen LogP contribution in [-0.2, 0) is 11.3 Å². The van der Waals surface area contributed by atoms with Crippen LogP contribution in [0.3, 0.4) is 0 Å². The summed E-state index contributed by atoms with van der Waals surface area (Å²) < 4.78 is 8.12. The molecule has 7 nitrogen and oxygen atoms in total. The van der Waals surface area contributed by atoms with Gasteiger partial charge in [-0.2, -0.15) is 5.10 Å². The number of fused-ring (bicyclic) bond motifs is 1. The molecule has 1 amide bonds. The minimum Gasteiger partial charge on any atom is -0.379 e. The summed E-state index contributed by atoms with van der Waals surface area (Å²) in [5, 5.41) is 5.61. The zero-order valence-electron chi connectivity index (χ0n) is 16.4. The smallest absolute Gasteiger partial charge is 0.278 e. The summed E-state index contributed by atoms with van der Waals surface area (Å²) in [6.45, 7) is 7.58. The number of thiazole rings is 1. The van der Waals surface area contributed by atoms with Gasteiger partial charge in [-0.25, -0.2) is 4.98 Å². The van der Waals surface area contributed by atoms with E-state index in [9.17, 15) is 4.79 Å². The van der Waals surface area contributed by atoms with Gasteiger partial charge in [-0.1, -0.05) is 22.9 Å². The fourth-order valence-corrected chi connectivity index (χ4v) is 4.73. The van der Waals surface area contributed by atoms with Crippen molar-refractivity contribution in [1.29, 1.82) is 0 Å². The van der Waals surface area contributed by atoms with Gasteiger partial charge in [0.1, 0.15) is 5.69 Å². The maximum Gasteiger partial charge on any atom is 0.278 e. The normalized spacial score (nSPS) is 15.1. The number of hydrogen-bond donors (Lipinski definition) is 0. The Bertz CT molecular complexity index is 982. The first-order valence-electron chi connectivity index (χ1n) is 9.85. The van der Waals surface area contributed by atoms with Crippen LogP contribution in [-0.4, -0.2) is 65.0 Å². The van der Waals surface area contributed by atoms with Gasteiger partial charge in [-0.15, -0.1) is 0 Å². The molecular weight excluding hydrogens is 410 g/mol. The lowest BCUT2D eigenvalue weighted by Gasteiger charge is -2.27. The van der Waals surface area contributed by atoms with E-state index in [1.54, 1.807) is 21.8 Å².